The molecule has 0 heterocycles. The van der Waals surface area contributed by atoms with Gasteiger partial charge in [0.1, 0.15) is 0 Å². The van der Waals surface area contributed by atoms with Crippen molar-refractivity contribution in [2.75, 3.05) is 11.9 Å². The molecule has 0 aromatic heterocycles. The van der Waals surface area contributed by atoms with Gasteiger partial charge in [-0.3, -0.25) is 9.59 Å². The van der Waals surface area contributed by atoms with Gasteiger partial charge < -0.3 is 10.6 Å². The molecule has 0 aliphatic heterocycles. The minimum atomic E-state index is -4.98. The second-order valence-corrected chi connectivity index (χ2v) is 3.74. The van der Waals surface area contributed by atoms with E-state index in [0.717, 1.165) is 5.56 Å². The Balaban J connectivity index is 2.54. The lowest BCUT2D eigenvalue weighted by atomic mass is 10.1. The van der Waals surface area contributed by atoms with E-state index in [-0.39, 0.29) is 0 Å². The number of para-hydroxylation sites is 1. The van der Waals surface area contributed by atoms with Crippen LogP contribution in [0.5, 0.6) is 0 Å². The van der Waals surface area contributed by atoms with Crippen molar-refractivity contribution in [1.82, 2.24) is 5.32 Å². The van der Waals surface area contributed by atoms with Crippen molar-refractivity contribution >= 4 is 17.5 Å². The molecule has 7 heteroatoms. The third-order valence-electron chi connectivity index (χ3n) is 2.34. The van der Waals surface area contributed by atoms with E-state index in [9.17, 15) is 22.8 Å². The number of carbonyl (C=O) groups excluding carboxylic acids is 2. The van der Waals surface area contributed by atoms with E-state index in [1.807, 2.05) is 6.92 Å². The summed E-state index contributed by atoms with van der Waals surface area (Å²) >= 11 is 0. The number of halogens is 3. The maximum absolute atomic E-state index is 11.9. The highest BCUT2D eigenvalue weighted by Crippen LogP contribution is 2.15. The predicted octanol–water partition coefficient (Wildman–Crippen LogP) is 1.87. The Kier molecular flexibility index (Phi) is 4.91. The molecule has 0 spiro atoms. The number of aryl methyl sites for hydroxylation is 1. The van der Waals surface area contributed by atoms with Crippen LogP contribution in [0.1, 0.15) is 12.5 Å². The number of amides is 2. The molecule has 0 aliphatic rings. The van der Waals surface area contributed by atoms with Crippen LogP contribution in [-0.2, 0) is 16.0 Å². The highest BCUT2D eigenvalue weighted by molar-refractivity contribution is 5.95. The quantitative estimate of drug-likeness (QED) is 0.880. The highest BCUT2D eigenvalue weighted by atomic mass is 19.4. The van der Waals surface area contributed by atoms with Gasteiger partial charge in [-0.25, -0.2) is 0 Å². The Labute approximate surface area is 108 Å². The van der Waals surface area contributed by atoms with E-state index >= 15 is 0 Å². The fraction of sp³-hybridized carbons (Fsp3) is 0.333. The highest BCUT2D eigenvalue weighted by Gasteiger charge is 2.38. The number of carbonyl (C=O) groups is 2. The van der Waals surface area contributed by atoms with E-state index in [4.69, 9.17) is 0 Å². The van der Waals surface area contributed by atoms with Crippen LogP contribution in [0.2, 0.25) is 0 Å². The first-order chi connectivity index (χ1) is 8.84. The van der Waals surface area contributed by atoms with Gasteiger partial charge in [0, 0.05) is 5.69 Å². The summed E-state index contributed by atoms with van der Waals surface area (Å²) in [7, 11) is 0. The van der Waals surface area contributed by atoms with Gasteiger partial charge in [0.2, 0.25) is 5.91 Å². The lowest BCUT2D eigenvalue weighted by Crippen LogP contribution is -2.41. The summed E-state index contributed by atoms with van der Waals surface area (Å²) in [5, 5.41) is 3.95. The Morgan fingerprint density at radius 2 is 1.84 bits per heavy atom. The number of anilines is 1. The zero-order valence-electron chi connectivity index (χ0n) is 10.2. The topological polar surface area (TPSA) is 58.2 Å². The summed E-state index contributed by atoms with van der Waals surface area (Å²) in [5.74, 6) is -2.84. The number of alkyl halides is 3. The standard InChI is InChI=1S/C12H13F3N2O2/c1-2-8-5-3-4-6-9(8)17-10(18)7-16-11(19)12(13,14)15/h3-6H,2,7H2,1H3,(H,16,19)(H,17,18). The van der Waals surface area contributed by atoms with Crippen LogP contribution in [0.3, 0.4) is 0 Å². The fourth-order valence-corrected chi connectivity index (χ4v) is 1.41. The van der Waals surface area contributed by atoms with Gasteiger partial charge in [-0.15, -0.1) is 0 Å². The van der Waals surface area contributed by atoms with Crippen molar-refractivity contribution in [3.8, 4) is 0 Å². The van der Waals surface area contributed by atoms with Crippen LogP contribution in [0, 0.1) is 0 Å². The van der Waals surface area contributed by atoms with Gasteiger partial charge in [0.15, 0.2) is 0 Å². The zero-order valence-corrected chi connectivity index (χ0v) is 10.2. The second kappa shape index (κ2) is 6.21. The van der Waals surface area contributed by atoms with Gasteiger partial charge in [0.05, 0.1) is 6.54 Å². The van der Waals surface area contributed by atoms with Gasteiger partial charge in [0.25, 0.3) is 0 Å². The van der Waals surface area contributed by atoms with Crippen LogP contribution in [0.4, 0.5) is 18.9 Å². The summed E-state index contributed by atoms with van der Waals surface area (Å²) in [5.41, 5.74) is 1.38. The molecular formula is C12H13F3N2O2. The van der Waals surface area contributed by atoms with Crippen LogP contribution in [-0.4, -0.2) is 24.5 Å². The molecule has 4 nitrogen and oxygen atoms in total. The van der Waals surface area contributed by atoms with Crippen LogP contribution < -0.4 is 10.6 Å². The second-order valence-electron chi connectivity index (χ2n) is 3.74. The molecule has 1 aromatic rings. The molecule has 0 radical (unpaired) electrons. The maximum Gasteiger partial charge on any atom is 0.471 e. The van der Waals surface area contributed by atoms with Crippen molar-refractivity contribution in [3.63, 3.8) is 0 Å². The predicted molar refractivity (Wildman–Crippen MR) is 63.5 cm³/mol. The maximum atomic E-state index is 11.9. The molecule has 0 atom stereocenters. The van der Waals surface area contributed by atoms with Crippen molar-refractivity contribution < 1.29 is 22.8 Å². The molecule has 0 unspecified atom stereocenters. The number of benzene rings is 1. The molecule has 19 heavy (non-hydrogen) atoms. The molecule has 0 bridgehead atoms. The number of hydrogen-bond donors (Lipinski definition) is 2. The third-order valence-corrected chi connectivity index (χ3v) is 2.34. The average Bonchev–Trinajstić information content (AvgIpc) is 2.35. The number of hydrogen-bond acceptors (Lipinski definition) is 2. The van der Waals surface area contributed by atoms with E-state index in [1.54, 1.807) is 24.3 Å². The fourth-order valence-electron chi connectivity index (χ4n) is 1.41. The summed E-state index contributed by atoms with van der Waals surface area (Å²) < 4.78 is 35.7. The van der Waals surface area contributed by atoms with Crippen molar-refractivity contribution in [1.29, 1.82) is 0 Å². The van der Waals surface area contributed by atoms with E-state index in [0.29, 0.717) is 12.1 Å². The summed E-state index contributed by atoms with van der Waals surface area (Å²) in [6.07, 6.45) is -4.31. The Morgan fingerprint density at radius 3 is 2.42 bits per heavy atom. The first-order valence-electron chi connectivity index (χ1n) is 5.57. The molecule has 1 rings (SSSR count). The van der Waals surface area contributed by atoms with E-state index in [1.165, 1.54) is 5.32 Å². The van der Waals surface area contributed by atoms with Crippen LogP contribution >= 0.6 is 0 Å². The van der Waals surface area contributed by atoms with E-state index in [2.05, 4.69) is 5.32 Å². The van der Waals surface area contributed by atoms with Crippen molar-refractivity contribution in [3.05, 3.63) is 29.8 Å². The molecule has 0 saturated heterocycles. The summed E-state index contributed by atoms with van der Waals surface area (Å²) in [4.78, 5) is 21.9. The first-order valence-corrected chi connectivity index (χ1v) is 5.57. The smallest absolute Gasteiger partial charge is 0.339 e. The van der Waals surface area contributed by atoms with Gasteiger partial charge >= 0.3 is 12.1 Å². The lowest BCUT2D eigenvalue weighted by Gasteiger charge is -2.11. The van der Waals surface area contributed by atoms with Crippen LogP contribution in [0.25, 0.3) is 0 Å². The largest absolute Gasteiger partial charge is 0.471 e. The molecule has 104 valence electrons. The molecule has 1 aromatic carbocycles. The first kappa shape index (κ1) is 15.0. The van der Waals surface area contributed by atoms with Crippen molar-refractivity contribution in [2.45, 2.75) is 19.5 Å². The third kappa shape index (κ3) is 4.61. The van der Waals surface area contributed by atoms with Crippen molar-refractivity contribution in [2.24, 2.45) is 0 Å². The number of rotatable bonds is 4. The normalized spacial score (nSPS) is 10.9. The SMILES string of the molecule is CCc1ccccc1NC(=O)CNC(=O)C(F)(F)F. The number of nitrogens with one attached hydrogen (secondary N) is 2. The molecule has 2 amide bonds. The van der Waals surface area contributed by atoms with E-state index < -0.39 is 24.5 Å². The van der Waals surface area contributed by atoms with Gasteiger partial charge in [-0.1, -0.05) is 25.1 Å². The van der Waals surface area contributed by atoms with Gasteiger partial charge in [-0.2, -0.15) is 13.2 Å². The molecule has 0 saturated carbocycles. The monoisotopic (exact) mass is 274 g/mol. The average molecular weight is 274 g/mol. The Hall–Kier alpha value is -2.05. The lowest BCUT2D eigenvalue weighted by molar-refractivity contribution is -0.173. The summed E-state index contributed by atoms with van der Waals surface area (Å²) in [6.45, 7) is 1.16. The minimum absolute atomic E-state index is 0.524. The Morgan fingerprint density at radius 1 is 1.21 bits per heavy atom. The van der Waals surface area contributed by atoms with Gasteiger partial charge in [-0.05, 0) is 18.1 Å². The molecule has 0 aliphatic carbocycles. The molecule has 0 fully saturated rings. The minimum Gasteiger partial charge on any atom is -0.339 e. The summed E-state index contributed by atoms with van der Waals surface area (Å²) in [6, 6.07) is 6.93. The van der Waals surface area contributed by atoms with Crippen LogP contribution in [0.15, 0.2) is 24.3 Å². The zero-order chi connectivity index (χ0) is 14.5. The Bertz CT molecular complexity index is 472. The molecular weight excluding hydrogens is 261 g/mol. The molecule has 2 N–H and O–H groups in total.